The highest BCUT2D eigenvalue weighted by molar-refractivity contribution is 7.16. The Bertz CT molecular complexity index is 1330. The molecule has 0 saturated carbocycles. The van der Waals surface area contributed by atoms with Gasteiger partial charge in [0.25, 0.3) is 0 Å². The van der Waals surface area contributed by atoms with Crippen molar-refractivity contribution < 1.29 is 9.84 Å². The van der Waals surface area contributed by atoms with Crippen molar-refractivity contribution in [2.75, 3.05) is 19.0 Å². The zero-order chi connectivity index (χ0) is 22.7. The molecule has 0 radical (unpaired) electrons. The molecule has 0 saturated heterocycles. The molecule has 0 bridgehead atoms. The van der Waals surface area contributed by atoms with Gasteiger partial charge in [-0.05, 0) is 54.5 Å². The standard InChI is InChI=1S/C23H22ClN5O2S/c1-4-31-21-15-10-14(8-9-18(15)27-22(25-3)29-21)11-19-20(30)28-23(32-19)26-12-16-13(2)6-5-7-17(16)24/h5-11,30H,4,12H2,1-3H3,(H,26,28)/b14-11+,25-22?. The number of anilines is 1. The molecule has 0 spiro atoms. The number of thiazole rings is 1. The highest BCUT2D eigenvalue weighted by Gasteiger charge is 2.15. The van der Waals surface area contributed by atoms with E-state index >= 15 is 0 Å². The number of aromatic nitrogens is 1. The first-order chi connectivity index (χ1) is 15.5. The molecule has 9 heteroatoms. The SMILES string of the molecule is CCOC1=NC(=NC)N=c2cc/c(=C\c3sc(NCc4c(C)cccc4Cl)nc3O)cc21. The second-order valence-electron chi connectivity index (χ2n) is 7.00. The minimum atomic E-state index is -0.0325. The van der Waals surface area contributed by atoms with Gasteiger partial charge in [-0.15, -0.1) is 0 Å². The predicted octanol–water partition coefficient (Wildman–Crippen LogP) is 3.65. The summed E-state index contributed by atoms with van der Waals surface area (Å²) in [5, 5.41) is 16.5. The van der Waals surface area contributed by atoms with Crippen LogP contribution in [0.5, 0.6) is 5.88 Å². The number of aliphatic imine (C=N–C) groups is 2. The molecule has 0 aliphatic carbocycles. The molecule has 2 heterocycles. The van der Waals surface area contributed by atoms with Crippen molar-refractivity contribution in [3.63, 3.8) is 0 Å². The molecule has 0 fully saturated rings. The van der Waals surface area contributed by atoms with E-state index in [1.807, 2.05) is 56.3 Å². The Morgan fingerprint density at radius 2 is 2.09 bits per heavy atom. The van der Waals surface area contributed by atoms with E-state index in [2.05, 4.69) is 25.3 Å². The Balaban J connectivity index is 1.62. The van der Waals surface area contributed by atoms with Crippen molar-refractivity contribution in [1.29, 1.82) is 0 Å². The normalized spacial score (nSPS) is 14.7. The van der Waals surface area contributed by atoms with Gasteiger partial charge in [0, 0.05) is 18.6 Å². The second kappa shape index (κ2) is 9.50. The van der Waals surface area contributed by atoms with Crippen molar-refractivity contribution in [3.05, 3.63) is 73.6 Å². The van der Waals surface area contributed by atoms with Crippen LogP contribution in [0.3, 0.4) is 0 Å². The van der Waals surface area contributed by atoms with Crippen LogP contribution in [0.1, 0.15) is 28.5 Å². The molecule has 4 rings (SSSR count). The monoisotopic (exact) mass is 467 g/mol. The third-order valence-corrected chi connectivity index (χ3v) is 6.16. The summed E-state index contributed by atoms with van der Waals surface area (Å²) in [5.74, 6) is 0.830. The number of hydrogen-bond acceptors (Lipinski definition) is 6. The van der Waals surface area contributed by atoms with Crippen LogP contribution in [0.4, 0.5) is 5.13 Å². The molecule has 164 valence electrons. The molecule has 3 aromatic rings. The van der Waals surface area contributed by atoms with Crippen LogP contribution in [0.25, 0.3) is 6.08 Å². The summed E-state index contributed by atoms with van der Waals surface area (Å²) in [7, 11) is 1.64. The van der Waals surface area contributed by atoms with E-state index in [4.69, 9.17) is 16.3 Å². The van der Waals surface area contributed by atoms with E-state index in [9.17, 15) is 5.11 Å². The van der Waals surface area contributed by atoms with Crippen molar-refractivity contribution in [2.45, 2.75) is 20.4 Å². The average molecular weight is 468 g/mol. The minimum absolute atomic E-state index is 0.0325. The van der Waals surface area contributed by atoms with Crippen LogP contribution >= 0.6 is 22.9 Å². The Morgan fingerprint density at radius 1 is 1.25 bits per heavy atom. The summed E-state index contributed by atoms with van der Waals surface area (Å²) in [5.41, 5.74) is 2.88. The van der Waals surface area contributed by atoms with Gasteiger partial charge in [0.1, 0.15) is 0 Å². The number of guanidine groups is 1. The fourth-order valence-corrected chi connectivity index (χ4v) is 4.35. The van der Waals surface area contributed by atoms with Gasteiger partial charge in [-0.3, -0.25) is 4.99 Å². The molecule has 0 unspecified atom stereocenters. The zero-order valence-corrected chi connectivity index (χ0v) is 19.5. The van der Waals surface area contributed by atoms with Crippen molar-refractivity contribution in [3.8, 4) is 5.88 Å². The lowest BCUT2D eigenvalue weighted by molar-refractivity contribution is 0.328. The summed E-state index contributed by atoms with van der Waals surface area (Å²) >= 11 is 7.67. The number of nitrogens with one attached hydrogen (secondary N) is 1. The number of rotatable bonds is 5. The molecule has 1 aliphatic heterocycles. The number of benzene rings is 2. The van der Waals surface area contributed by atoms with Gasteiger partial charge in [0.15, 0.2) is 5.13 Å². The molecule has 2 N–H and O–H groups in total. The number of aryl methyl sites for hydroxylation is 1. The first-order valence-corrected chi connectivity index (χ1v) is 11.2. The summed E-state index contributed by atoms with van der Waals surface area (Å²) in [6.45, 7) is 4.92. The highest BCUT2D eigenvalue weighted by atomic mass is 35.5. The zero-order valence-electron chi connectivity index (χ0n) is 17.9. The van der Waals surface area contributed by atoms with Crippen LogP contribution in [-0.4, -0.2) is 35.6 Å². The molecule has 1 aromatic heterocycles. The van der Waals surface area contributed by atoms with Gasteiger partial charge in [0.2, 0.25) is 17.7 Å². The summed E-state index contributed by atoms with van der Waals surface area (Å²) in [4.78, 5) is 17.7. The van der Waals surface area contributed by atoms with E-state index in [-0.39, 0.29) is 5.88 Å². The van der Waals surface area contributed by atoms with Crippen molar-refractivity contribution in [1.82, 2.24) is 4.98 Å². The first-order valence-electron chi connectivity index (χ1n) is 10.0. The molecule has 0 amide bonds. The Hall–Kier alpha value is -3.23. The van der Waals surface area contributed by atoms with E-state index in [1.54, 1.807) is 7.05 Å². The number of nitrogens with zero attached hydrogens (tertiary/aromatic N) is 4. The minimum Gasteiger partial charge on any atom is -0.492 e. The van der Waals surface area contributed by atoms with Gasteiger partial charge in [-0.25, -0.2) is 4.99 Å². The van der Waals surface area contributed by atoms with E-state index in [0.29, 0.717) is 40.0 Å². The average Bonchev–Trinajstić information content (AvgIpc) is 3.12. The van der Waals surface area contributed by atoms with Crippen molar-refractivity contribution >= 4 is 46.0 Å². The maximum absolute atomic E-state index is 10.4. The van der Waals surface area contributed by atoms with E-state index in [0.717, 1.165) is 27.3 Å². The van der Waals surface area contributed by atoms with Gasteiger partial charge in [-0.1, -0.05) is 41.1 Å². The fourth-order valence-electron chi connectivity index (χ4n) is 3.24. The lowest BCUT2D eigenvalue weighted by Gasteiger charge is -2.11. The van der Waals surface area contributed by atoms with Crippen LogP contribution < -0.4 is 15.9 Å². The summed E-state index contributed by atoms with van der Waals surface area (Å²) < 4.78 is 5.68. The van der Waals surface area contributed by atoms with Crippen LogP contribution in [-0.2, 0) is 11.3 Å². The Morgan fingerprint density at radius 3 is 2.84 bits per heavy atom. The quantitative estimate of drug-likeness (QED) is 0.599. The van der Waals surface area contributed by atoms with Crippen LogP contribution in [0.2, 0.25) is 5.02 Å². The fraction of sp³-hybridized carbons (Fsp3) is 0.217. The smallest absolute Gasteiger partial charge is 0.248 e. The molecule has 32 heavy (non-hydrogen) atoms. The molecular weight excluding hydrogens is 446 g/mol. The number of hydrogen-bond donors (Lipinski definition) is 2. The topological polar surface area (TPSA) is 91.5 Å². The predicted molar refractivity (Wildman–Crippen MR) is 130 cm³/mol. The molecule has 0 atom stereocenters. The number of aromatic hydroxyl groups is 1. The van der Waals surface area contributed by atoms with Gasteiger partial charge >= 0.3 is 0 Å². The number of halogens is 1. The Labute approximate surface area is 194 Å². The first kappa shape index (κ1) is 22.0. The van der Waals surface area contributed by atoms with Crippen LogP contribution in [0, 0.1) is 6.92 Å². The van der Waals surface area contributed by atoms with Gasteiger partial charge in [-0.2, -0.15) is 9.98 Å². The second-order valence-corrected chi connectivity index (χ2v) is 8.44. The molecule has 2 aromatic carbocycles. The molecular formula is C23H22ClN5O2S. The Kier molecular flexibility index (Phi) is 6.53. The maximum atomic E-state index is 10.4. The number of ether oxygens (including phenoxy) is 1. The van der Waals surface area contributed by atoms with Gasteiger partial charge < -0.3 is 15.2 Å². The highest BCUT2D eigenvalue weighted by Crippen LogP contribution is 2.29. The van der Waals surface area contributed by atoms with E-state index < -0.39 is 0 Å². The summed E-state index contributed by atoms with van der Waals surface area (Å²) in [6, 6.07) is 11.5. The summed E-state index contributed by atoms with van der Waals surface area (Å²) in [6.07, 6.45) is 1.87. The third-order valence-electron chi connectivity index (χ3n) is 4.86. The van der Waals surface area contributed by atoms with Crippen LogP contribution in [0.15, 0.2) is 51.4 Å². The molecule has 1 aliphatic rings. The maximum Gasteiger partial charge on any atom is 0.248 e. The largest absolute Gasteiger partial charge is 0.492 e. The third kappa shape index (κ3) is 4.66. The molecule has 7 nitrogen and oxygen atoms in total. The van der Waals surface area contributed by atoms with E-state index in [1.165, 1.54) is 11.3 Å². The van der Waals surface area contributed by atoms with Crippen molar-refractivity contribution in [2.24, 2.45) is 15.0 Å². The number of fused-ring (bicyclic) bond motifs is 1. The lowest BCUT2D eigenvalue weighted by Crippen LogP contribution is -2.27. The van der Waals surface area contributed by atoms with Gasteiger partial charge in [0.05, 0.1) is 22.4 Å². The lowest BCUT2D eigenvalue weighted by atomic mass is 10.1.